The molecule has 0 unspecified atom stereocenters. The van der Waals surface area contributed by atoms with Crippen LogP contribution in [-0.2, 0) is 4.74 Å². The molecule has 0 fully saturated rings. The van der Waals surface area contributed by atoms with Crippen molar-refractivity contribution < 1.29 is 18.3 Å². The van der Waals surface area contributed by atoms with E-state index in [0.29, 0.717) is 25.6 Å². The minimum absolute atomic E-state index is 0.0999. The Kier molecular flexibility index (Phi) is 5.69. The highest BCUT2D eigenvalue weighted by Gasteiger charge is 2.09. The average molecular weight is 245 g/mol. The molecule has 0 spiro atoms. The van der Waals surface area contributed by atoms with Crippen LogP contribution in [0.15, 0.2) is 18.2 Å². The molecule has 0 radical (unpaired) electrons. The monoisotopic (exact) mass is 245 g/mol. The number of rotatable bonds is 7. The van der Waals surface area contributed by atoms with Gasteiger partial charge < -0.3 is 15.2 Å². The van der Waals surface area contributed by atoms with E-state index in [-0.39, 0.29) is 11.3 Å². The minimum Gasteiger partial charge on any atom is -0.489 e. The van der Waals surface area contributed by atoms with Crippen LogP contribution in [0, 0.1) is 0 Å². The lowest BCUT2D eigenvalue weighted by Gasteiger charge is -2.10. The van der Waals surface area contributed by atoms with Gasteiger partial charge in [-0.3, -0.25) is 0 Å². The van der Waals surface area contributed by atoms with Gasteiger partial charge in [0.25, 0.3) is 6.43 Å². The molecule has 96 valence electrons. The van der Waals surface area contributed by atoms with Crippen molar-refractivity contribution in [2.45, 2.75) is 19.8 Å². The third kappa shape index (κ3) is 4.56. The molecular formula is C12H17F2NO2. The second-order valence-electron chi connectivity index (χ2n) is 3.56. The van der Waals surface area contributed by atoms with Gasteiger partial charge in [-0.1, -0.05) is 6.92 Å². The number of alkyl halides is 2. The summed E-state index contributed by atoms with van der Waals surface area (Å²) in [5.41, 5.74) is 5.72. The number of hydrogen-bond donors (Lipinski definition) is 1. The van der Waals surface area contributed by atoms with E-state index in [0.717, 1.165) is 6.42 Å². The van der Waals surface area contributed by atoms with Crippen LogP contribution in [0.25, 0.3) is 0 Å². The SMILES string of the molecule is CCCOCCOc1ccc(C(F)F)cc1N. The van der Waals surface area contributed by atoms with E-state index in [1.165, 1.54) is 18.2 Å². The number of hydrogen-bond acceptors (Lipinski definition) is 3. The number of nitrogen functional groups attached to an aromatic ring is 1. The molecule has 0 heterocycles. The molecule has 0 saturated heterocycles. The van der Waals surface area contributed by atoms with Crippen molar-refractivity contribution in [3.05, 3.63) is 23.8 Å². The molecule has 0 aromatic heterocycles. The fourth-order valence-electron chi connectivity index (χ4n) is 1.29. The lowest BCUT2D eigenvalue weighted by atomic mass is 10.2. The Labute approximate surface area is 99.5 Å². The summed E-state index contributed by atoms with van der Waals surface area (Å²) in [6, 6.07) is 3.99. The van der Waals surface area contributed by atoms with Crippen LogP contribution >= 0.6 is 0 Å². The molecule has 2 N–H and O–H groups in total. The summed E-state index contributed by atoms with van der Waals surface area (Å²) in [6.07, 6.45) is -1.56. The second-order valence-corrected chi connectivity index (χ2v) is 3.56. The van der Waals surface area contributed by atoms with Crippen LogP contribution in [-0.4, -0.2) is 19.8 Å². The number of nitrogens with two attached hydrogens (primary N) is 1. The topological polar surface area (TPSA) is 44.5 Å². The van der Waals surface area contributed by atoms with Gasteiger partial charge in [-0.25, -0.2) is 8.78 Å². The van der Waals surface area contributed by atoms with Gasteiger partial charge in [0.1, 0.15) is 12.4 Å². The Morgan fingerprint density at radius 1 is 1.24 bits per heavy atom. The molecule has 3 nitrogen and oxygen atoms in total. The summed E-state index contributed by atoms with van der Waals surface area (Å²) >= 11 is 0. The molecule has 0 amide bonds. The van der Waals surface area contributed by atoms with Crippen molar-refractivity contribution in [1.82, 2.24) is 0 Å². The Bertz CT molecular complexity index is 345. The van der Waals surface area contributed by atoms with E-state index in [9.17, 15) is 8.78 Å². The number of ether oxygens (including phenoxy) is 2. The van der Waals surface area contributed by atoms with Crippen LogP contribution in [0.1, 0.15) is 25.3 Å². The molecule has 0 bridgehead atoms. The zero-order valence-corrected chi connectivity index (χ0v) is 9.79. The Hall–Kier alpha value is -1.36. The molecule has 1 aromatic rings. The molecule has 0 aliphatic rings. The van der Waals surface area contributed by atoms with E-state index in [1.807, 2.05) is 6.92 Å². The van der Waals surface area contributed by atoms with Crippen LogP contribution < -0.4 is 10.5 Å². The summed E-state index contributed by atoms with van der Waals surface area (Å²) in [5.74, 6) is 0.412. The first kappa shape index (κ1) is 13.7. The van der Waals surface area contributed by atoms with Gasteiger partial charge in [-0.05, 0) is 24.6 Å². The van der Waals surface area contributed by atoms with E-state index >= 15 is 0 Å². The van der Waals surface area contributed by atoms with Crippen LogP contribution in [0.3, 0.4) is 0 Å². The van der Waals surface area contributed by atoms with Gasteiger partial charge in [-0.15, -0.1) is 0 Å². The van der Waals surface area contributed by atoms with Crippen LogP contribution in [0.4, 0.5) is 14.5 Å². The van der Waals surface area contributed by atoms with Gasteiger partial charge in [-0.2, -0.15) is 0 Å². The number of halogens is 2. The van der Waals surface area contributed by atoms with Gasteiger partial charge in [0.05, 0.1) is 12.3 Å². The highest BCUT2D eigenvalue weighted by Crippen LogP contribution is 2.27. The van der Waals surface area contributed by atoms with E-state index < -0.39 is 6.43 Å². The van der Waals surface area contributed by atoms with Crippen LogP contribution in [0.2, 0.25) is 0 Å². The van der Waals surface area contributed by atoms with Crippen molar-refractivity contribution in [1.29, 1.82) is 0 Å². The Morgan fingerprint density at radius 2 is 2.00 bits per heavy atom. The van der Waals surface area contributed by atoms with E-state index in [1.54, 1.807) is 0 Å². The fourth-order valence-corrected chi connectivity index (χ4v) is 1.29. The number of anilines is 1. The summed E-state index contributed by atoms with van der Waals surface area (Å²) < 4.78 is 35.3. The predicted octanol–water partition coefficient (Wildman–Crippen LogP) is 3.01. The molecular weight excluding hydrogens is 228 g/mol. The standard InChI is InChI=1S/C12H17F2NO2/c1-2-5-16-6-7-17-11-4-3-9(12(13)14)8-10(11)15/h3-4,8,12H,2,5-7,15H2,1H3. The predicted molar refractivity (Wildman–Crippen MR) is 62.4 cm³/mol. The van der Waals surface area contributed by atoms with Gasteiger partial charge in [0.15, 0.2) is 0 Å². The molecule has 0 atom stereocenters. The van der Waals surface area contributed by atoms with Crippen molar-refractivity contribution in [2.75, 3.05) is 25.6 Å². The molecule has 1 rings (SSSR count). The first-order chi connectivity index (χ1) is 8.15. The normalized spacial score (nSPS) is 10.8. The summed E-state index contributed by atoms with van der Waals surface area (Å²) in [5, 5.41) is 0. The Balaban J connectivity index is 2.43. The third-order valence-electron chi connectivity index (χ3n) is 2.12. The highest BCUT2D eigenvalue weighted by molar-refractivity contribution is 5.54. The van der Waals surface area contributed by atoms with Gasteiger partial charge in [0, 0.05) is 12.2 Å². The van der Waals surface area contributed by atoms with Crippen molar-refractivity contribution in [2.24, 2.45) is 0 Å². The summed E-state index contributed by atoms with van der Waals surface area (Å²) in [6.45, 7) is 3.52. The molecule has 1 aromatic carbocycles. The van der Waals surface area contributed by atoms with Crippen molar-refractivity contribution >= 4 is 5.69 Å². The molecule has 5 heteroatoms. The van der Waals surface area contributed by atoms with Crippen molar-refractivity contribution in [3.8, 4) is 5.75 Å². The maximum absolute atomic E-state index is 12.4. The van der Waals surface area contributed by atoms with Crippen LogP contribution in [0.5, 0.6) is 5.75 Å². The largest absolute Gasteiger partial charge is 0.489 e. The Morgan fingerprint density at radius 3 is 2.59 bits per heavy atom. The summed E-state index contributed by atoms with van der Waals surface area (Å²) in [7, 11) is 0. The maximum atomic E-state index is 12.4. The smallest absolute Gasteiger partial charge is 0.263 e. The van der Waals surface area contributed by atoms with Gasteiger partial charge in [0.2, 0.25) is 0 Å². The zero-order chi connectivity index (χ0) is 12.7. The zero-order valence-electron chi connectivity index (χ0n) is 9.79. The molecule has 0 aliphatic heterocycles. The van der Waals surface area contributed by atoms with Crippen molar-refractivity contribution in [3.63, 3.8) is 0 Å². The second kappa shape index (κ2) is 7.06. The first-order valence-corrected chi connectivity index (χ1v) is 5.53. The van der Waals surface area contributed by atoms with E-state index in [2.05, 4.69) is 0 Å². The lowest BCUT2D eigenvalue weighted by molar-refractivity contribution is 0.101. The van der Waals surface area contributed by atoms with E-state index in [4.69, 9.17) is 15.2 Å². The number of benzene rings is 1. The fraction of sp³-hybridized carbons (Fsp3) is 0.500. The minimum atomic E-state index is -2.51. The quantitative estimate of drug-likeness (QED) is 0.593. The first-order valence-electron chi connectivity index (χ1n) is 5.53. The molecule has 17 heavy (non-hydrogen) atoms. The van der Waals surface area contributed by atoms with Gasteiger partial charge >= 0.3 is 0 Å². The summed E-state index contributed by atoms with van der Waals surface area (Å²) in [4.78, 5) is 0. The maximum Gasteiger partial charge on any atom is 0.263 e. The molecule has 0 saturated carbocycles. The lowest BCUT2D eigenvalue weighted by Crippen LogP contribution is -2.08. The third-order valence-corrected chi connectivity index (χ3v) is 2.12. The average Bonchev–Trinajstić information content (AvgIpc) is 2.30. The molecule has 0 aliphatic carbocycles. The highest BCUT2D eigenvalue weighted by atomic mass is 19.3.